The molecule has 6 heteroatoms. The number of benzene rings is 1. The summed E-state index contributed by atoms with van der Waals surface area (Å²) in [5, 5.41) is 0. The third kappa shape index (κ3) is 5.48. The van der Waals surface area contributed by atoms with Crippen molar-refractivity contribution in [2.24, 2.45) is 0 Å². The third-order valence-electron chi connectivity index (χ3n) is 1.94. The summed E-state index contributed by atoms with van der Waals surface area (Å²) in [5.74, 6) is 0.177. The first-order valence-electron chi connectivity index (χ1n) is 4.54. The van der Waals surface area contributed by atoms with E-state index in [1.807, 2.05) is 0 Å². The molecule has 0 aliphatic carbocycles. The molecule has 1 aromatic rings. The number of rotatable bonds is 2. The van der Waals surface area contributed by atoms with Crippen LogP contribution in [0.15, 0.2) is 24.3 Å². The Hall–Kier alpha value is 0.170. The molecule has 0 atom stereocenters. The average molecular weight is 254 g/mol. The van der Waals surface area contributed by atoms with Gasteiger partial charge in [-0.2, -0.15) is 0 Å². The molecule has 16 heavy (non-hydrogen) atoms. The first-order valence-corrected chi connectivity index (χ1v) is 6.07. The second-order valence-electron chi connectivity index (χ2n) is 4.36. The van der Waals surface area contributed by atoms with Crippen molar-refractivity contribution < 1.29 is 49.9 Å². The van der Waals surface area contributed by atoms with Crippen LogP contribution in [0.2, 0.25) is 0 Å². The molecule has 86 valence electrons. The summed E-state index contributed by atoms with van der Waals surface area (Å²) in [6.07, 6.45) is 0. The van der Waals surface area contributed by atoms with Crippen LogP contribution in [0.1, 0.15) is 27.8 Å². The minimum atomic E-state index is -4.44. The molecule has 0 radical (unpaired) electrons. The quantitative estimate of drug-likeness (QED) is 0.555. The van der Waals surface area contributed by atoms with Crippen molar-refractivity contribution in [1.82, 2.24) is 0 Å². The van der Waals surface area contributed by atoms with Crippen LogP contribution >= 0.6 is 7.82 Å². The second kappa shape index (κ2) is 5.67. The predicted molar refractivity (Wildman–Crippen MR) is 58.9 cm³/mol. The Bertz CT molecular complexity index is 382. The molecule has 0 saturated heterocycles. The van der Waals surface area contributed by atoms with Crippen molar-refractivity contribution in [2.45, 2.75) is 26.2 Å². The Morgan fingerprint density at radius 2 is 1.62 bits per heavy atom. The van der Waals surface area contributed by atoms with Crippen LogP contribution in [-0.4, -0.2) is 9.79 Å². The van der Waals surface area contributed by atoms with E-state index in [4.69, 9.17) is 9.79 Å². The van der Waals surface area contributed by atoms with Crippen LogP contribution in [0.4, 0.5) is 0 Å². The Labute approximate surface area is 119 Å². The molecule has 0 aliphatic heterocycles. The van der Waals surface area contributed by atoms with Crippen LogP contribution in [0.25, 0.3) is 0 Å². The van der Waals surface area contributed by atoms with Crippen molar-refractivity contribution in [3.05, 3.63) is 29.8 Å². The molecule has 0 unspecified atom stereocenters. The van der Waals surface area contributed by atoms with Crippen LogP contribution in [-0.2, 0) is 9.98 Å². The first-order chi connectivity index (χ1) is 6.68. The molecule has 1 aromatic carbocycles. The summed E-state index contributed by atoms with van der Waals surface area (Å²) in [5.41, 5.74) is 1.10. The van der Waals surface area contributed by atoms with E-state index in [-0.39, 0.29) is 42.1 Å². The van der Waals surface area contributed by atoms with Gasteiger partial charge in [-0.15, -0.1) is 0 Å². The SMILES string of the molecule is CC(C)(C)c1ccc(OP(=O)(O)O)cc1.[H-].[Na+]. The minimum absolute atomic E-state index is 0. The van der Waals surface area contributed by atoms with Crippen LogP contribution in [0.3, 0.4) is 0 Å². The fraction of sp³-hybridized carbons (Fsp3) is 0.400. The molecule has 0 saturated carbocycles. The number of hydrogen-bond donors (Lipinski definition) is 2. The van der Waals surface area contributed by atoms with E-state index >= 15 is 0 Å². The van der Waals surface area contributed by atoms with Crippen LogP contribution in [0.5, 0.6) is 5.75 Å². The Kier molecular flexibility index (Phi) is 5.73. The number of phosphoric acid groups is 1. The maximum atomic E-state index is 10.6. The zero-order chi connectivity index (χ0) is 11.7. The zero-order valence-corrected chi connectivity index (χ0v) is 12.9. The van der Waals surface area contributed by atoms with E-state index in [9.17, 15) is 4.57 Å². The maximum absolute atomic E-state index is 10.6. The van der Waals surface area contributed by atoms with Crippen LogP contribution < -0.4 is 34.1 Å². The fourth-order valence-corrected chi connectivity index (χ4v) is 1.55. The van der Waals surface area contributed by atoms with Crippen molar-refractivity contribution in [1.29, 1.82) is 0 Å². The molecule has 1 rings (SSSR count). The molecule has 0 heterocycles. The van der Waals surface area contributed by atoms with Gasteiger partial charge in [-0.05, 0) is 23.1 Å². The molecule has 0 spiro atoms. The Morgan fingerprint density at radius 1 is 1.19 bits per heavy atom. The normalized spacial score (nSPS) is 11.8. The van der Waals surface area contributed by atoms with Gasteiger partial charge in [0, 0.05) is 0 Å². The predicted octanol–water partition coefficient (Wildman–Crippen LogP) is -0.428. The number of hydrogen-bond acceptors (Lipinski definition) is 2. The molecule has 2 N–H and O–H groups in total. The van der Waals surface area contributed by atoms with E-state index in [0.29, 0.717) is 0 Å². The zero-order valence-electron chi connectivity index (χ0n) is 11.0. The van der Waals surface area contributed by atoms with E-state index in [0.717, 1.165) is 5.56 Å². The largest absolute Gasteiger partial charge is 1.00 e. The van der Waals surface area contributed by atoms with Gasteiger partial charge in [0.25, 0.3) is 0 Å². The molecular formula is C10H16NaO4P. The minimum Gasteiger partial charge on any atom is -1.00 e. The van der Waals surface area contributed by atoms with Gasteiger partial charge < -0.3 is 5.95 Å². The Morgan fingerprint density at radius 3 is 1.94 bits per heavy atom. The van der Waals surface area contributed by atoms with Gasteiger partial charge in [-0.25, -0.2) is 4.57 Å². The number of phosphoric ester groups is 1. The fourth-order valence-electron chi connectivity index (χ4n) is 1.15. The van der Waals surface area contributed by atoms with Crippen molar-refractivity contribution in [3.63, 3.8) is 0 Å². The van der Waals surface area contributed by atoms with E-state index in [2.05, 4.69) is 25.3 Å². The summed E-state index contributed by atoms with van der Waals surface area (Å²) in [6, 6.07) is 6.70. The van der Waals surface area contributed by atoms with Crippen molar-refractivity contribution in [2.75, 3.05) is 0 Å². The first kappa shape index (κ1) is 16.2. The van der Waals surface area contributed by atoms with Gasteiger partial charge in [0.2, 0.25) is 0 Å². The molecule has 0 fully saturated rings. The molecule has 0 aromatic heterocycles. The molecular weight excluding hydrogens is 238 g/mol. The van der Waals surface area contributed by atoms with E-state index in [1.54, 1.807) is 24.3 Å². The molecule has 0 amide bonds. The van der Waals surface area contributed by atoms with Gasteiger partial charge in [0.15, 0.2) is 0 Å². The van der Waals surface area contributed by atoms with E-state index < -0.39 is 7.82 Å². The topological polar surface area (TPSA) is 66.8 Å². The monoisotopic (exact) mass is 254 g/mol. The summed E-state index contributed by atoms with van der Waals surface area (Å²) < 4.78 is 15.0. The third-order valence-corrected chi connectivity index (χ3v) is 2.39. The smallest absolute Gasteiger partial charge is 1.00 e. The molecule has 0 bridgehead atoms. The van der Waals surface area contributed by atoms with E-state index in [1.165, 1.54) is 0 Å². The maximum Gasteiger partial charge on any atom is 1.00 e. The standard InChI is InChI=1S/C10H15O4P.Na.H/c1-10(2,3)8-4-6-9(7-5-8)14-15(11,12)13;;/h4-7H,1-3H3,(H2,11,12,13);;/q;+1;-1. The average Bonchev–Trinajstić information content (AvgIpc) is 2.00. The van der Waals surface area contributed by atoms with Gasteiger partial charge >= 0.3 is 37.4 Å². The Balaban J connectivity index is 0. The van der Waals surface area contributed by atoms with Crippen LogP contribution in [0, 0.1) is 0 Å². The summed E-state index contributed by atoms with van der Waals surface area (Å²) in [4.78, 5) is 17.2. The summed E-state index contributed by atoms with van der Waals surface area (Å²) in [7, 11) is -4.44. The van der Waals surface area contributed by atoms with Crippen molar-refractivity contribution >= 4 is 7.82 Å². The molecule has 4 nitrogen and oxygen atoms in total. The van der Waals surface area contributed by atoms with Crippen molar-refractivity contribution in [3.8, 4) is 5.75 Å². The summed E-state index contributed by atoms with van der Waals surface area (Å²) in [6.45, 7) is 6.18. The van der Waals surface area contributed by atoms with Gasteiger partial charge in [0.1, 0.15) is 5.75 Å². The van der Waals surface area contributed by atoms with Gasteiger partial charge in [0.05, 0.1) is 0 Å². The van der Waals surface area contributed by atoms with Gasteiger partial charge in [-0.3, -0.25) is 9.79 Å². The summed E-state index contributed by atoms with van der Waals surface area (Å²) >= 11 is 0. The van der Waals surface area contributed by atoms with Gasteiger partial charge in [-0.1, -0.05) is 32.9 Å². The molecule has 0 aliphatic rings. The second-order valence-corrected chi connectivity index (χ2v) is 5.52.